The van der Waals surface area contributed by atoms with Crippen LogP contribution in [0.4, 0.5) is 0 Å². The summed E-state index contributed by atoms with van der Waals surface area (Å²) in [6, 6.07) is 18.1. The van der Waals surface area contributed by atoms with Gasteiger partial charge in [0.1, 0.15) is 0 Å². The number of carbonyl (C=O) groups excluding carboxylic acids is 2. The molecule has 0 amide bonds. The topological polar surface area (TPSA) is 74.6 Å². The third-order valence-corrected chi connectivity index (χ3v) is 5.04. The molecule has 0 aliphatic heterocycles. The van der Waals surface area contributed by atoms with Crippen molar-refractivity contribution in [2.75, 3.05) is 0 Å². The van der Waals surface area contributed by atoms with Gasteiger partial charge in [-0.15, -0.1) is 0 Å². The summed E-state index contributed by atoms with van der Waals surface area (Å²) in [7, 11) is 0. The average Bonchev–Trinajstić information content (AvgIpc) is 2.65. The number of aromatic hydroxyl groups is 2. The molecule has 1 unspecified atom stereocenters. The summed E-state index contributed by atoms with van der Waals surface area (Å²) < 4.78 is 0.237. The minimum atomic E-state index is -0.411. The fourth-order valence-corrected chi connectivity index (χ4v) is 3.48. The summed E-state index contributed by atoms with van der Waals surface area (Å²) in [6.07, 6.45) is 0. The van der Waals surface area contributed by atoms with Crippen LogP contribution in [-0.2, 0) is 0 Å². The van der Waals surface area contributed by atoms with Crippen molar-refractivity contribution in [3.05, 3.63) is 89.0 Å². The number of hydrogen-bond acceptors (Lipinski definition) is 4. The number of benzene rings is 3. The van der Waals surface area contributed by atoms with Gasteiger partial charge in [0, 0.05) is 0 Å². The minimum absolute atomic E-state index is 0.0207. The van der Waals surface area contributed by atoms with E-state index >= 15 is 0 Å². The van der Waals surface area contributed by atoms with E-state index in [0.717, 1.165) is 22.9 Å². The van der Waals surface area contributed by atoms with E-state index in [-0.39, 0.29) is 27.0 Å². The summed E-state index contributed by atoms with van der Waals surface area (Å²) in [4.78, 5) is 25.2. The molecule has 5 heteroatoms. The third-order valence-electron chi connectivity index (χ3n) is 3.86. The zero-order valence-corrected chi connectivity index (χ0v) is 15.6. The van der Waals surface area contributed by atoms with E-state index in [2.05, 4.69) is 0 Å². The molecule has 0 aliphatic rings. The van der Waals surface area contributed by atoms with Crippen LogP contribution >= 0.6 is 0 Å². The third kappa shape index (κ3) is 3.21. The predicted molar refractivity (Wildman–Crippen MR) is 97.7 cm³/mol. The van der Waals surface area contributed by atoms with Crippen LogP contribution in [-0.4, -0.2) is 38.6 Å². The van der Waals surface area contributed by atoms with E-state index in [4.69, 9.17) is 0 Å². The summed E-state index contributed by atoms with van der Waals surface area (Å²) in [5.74, 6) is -1.39. The molecular formula is C20H15AsO4. The standard InChI is InChI=1S/C20H15AsO4/c21-17-16(19(24)13-9-5-2-6-10-13)15(22)11-14(20(17)25)18(23)12-7-3-1-4-8-12/h1-11,22,25H,21H2. The summed E-state index contributed by atoms with van der Waals surface area (Å²) >= 11 is 0.963. The Bertz CT molecular complexity index is 950. The van der Waals surface area contributed by atoms with E-state index in [1.54, 1.807) is 60.7 Å². The molecule has 0 aromatic heterocycles. The first-order valence-corrected chi connectivity index (χ1v) is 8.75. The second kappa shape index (κ2) is 6.96. The van der Waals surface area contributed by atoms with Gasteiger partial charge < -0.3 is 0 Å². The van der Waals surface area contributed by atoms with Crippen molar-refractivity contribution in [3.63, 3.8) is 0 Å². The van der Waals surface area contributed by atoms with Crippen LogP contribution < -0.4 is 4.35 Å². The second-order valence-electron chi connectivity index (χ2n) is 5.47. The molecule has 0 saturated carbocycles. The van der Waals surface area contributed by atoms with E-state index in [0.29, 0.717) is 11.1 Å². The normalized spacial score (nSPS) is 10.4. The van der Waals surface area contributed by atoms with Crippen molar-refractivity contribution in [1.82, 2.24) is 0 Å². The van der Waals surface area contributed by atoms with Crippen LogP contribution in [0.1, 0.15) is 31.8 Å². The Hall–Kier alpha value is -2.84. The number of phenols is 2. The molecule has 124 valence electrons. The van der Waals surface area contributed by atoms with Crippen LogP contribution in [0.25, 0.3) is 0 Å². The molecule has 0 fully saturated rings. The average molecular weight is 394 g/mol. The molecule has 3 rings (SSSR count). The molecule has 25 heavy (non-hydrogen) atoms. The first-order chi connectivity index (χ1) is 12.0. The van der Waals surface area contributed by atoms with Crippen LogP contribution in [0, 0.1) is 0 Å². The maximum absolute atomic E-state index is 12.6. The molecule has 4 nitrogen and oxygen atoms in total. The Kier molecular flexibility index (Phi) is 4.73. The zero-order chi connectivity index (χ0) is 18.0. The van der Waals surface area contributed by atoms with Gasteiger partial charge >= 0.3 is 153 Å². The molecule has 2 N–H and O–H groups in total. The Morgan fingerprint density at radius 1 is 0.760 bits per heavy atom. The summed E-state index contributed by atoms with van der Waals surface area (Å²) in [5.41, 5.74) is 0.797. The van der Waals surface area contributed by atoms with Crippen LogP contribution in [0.15, 0.2) is 66.7 Å². The number of hydrogen-bond donors (Lipinski definition) is 2. The van der Waals surface area contributed by atoms with Crippen LogP contribution in [0.5, 0.6) is 11.5 Å². The van der Waals surface area contributed by atoms with Crippen molar-refractivity contribution < 1.29 is 19.8 Å². The molecule has 0 aliphatic carbocycles. The molecule has 1 atom stereocenters. The van der Waals surface area contributed by atoms with Gasteiger partial charge in [0.25, 0.3) is 0 Å². The van der Waals surface area contributed by atoms with Gasteiger partial charge in [0.2, 0.25) is 0 Å². The predicted octanol–water partition coefficient (Wildman–Crippen LogP) is 1.82. The van der Waals surface area contributed by atoms with E-state index in [1.165, 1.54) is 0 Å². The van der Waals surface area contributed by atoms with Crippen molar-refractivity contribution >= 4 is 32.8 Å². The zero-order valence-electron chi connectivity index (χ0n) is 13.1. The van der Waals surface area contributed by atoms with Crippen LogP contribution in [0.2, 0.25) is 0 Å². The fourth-order valence-electron chi connectivity index (χ4n) is 2.57. The Labute approximate surface area is 153 Å². The quantitative estimate of drug-likeness (QED) is 0.402. The molecule has 0 radical (unpaired) electrons. The number of carbonyl (C=O) groups is 2. The van der Waals surface area contributed by atoms with Crippen molar-refractivity contribution in [1.29, 1.82) is 0 Å². The van der Waals surface area contributed by atoms with Crippen LogP contribution in [0.3, 0.4) is 0 Å². The van der Waals surface area contributed by atoms with Crippen molar-refractivity contribution in [3.8, 4) is 11.5 Å². The first-order valence-electron chi connectivity index (χ1n) is 7.54. The van der Waals surface area contributed by atoms with E-state index in [9.17, 15) is 19.8 Å². The Balaban J connectivity index is 2.09. The molecule has 0 bridgehead atoms. The van der Waals surface area contributed by atoms with Gasteiger partial charge in [-0.1, -0.05) is 0 Å². The molecule has 0 spiro atoms. The first kappa shape index (κ1) is 17.0. The summed E-state index contributed by atoms with van der Waals surface area (Å²) in [5, 5.41) is 20.8. The van der Waals surface area contributed by atoms with E-state index in [1.807, 2.05) is 0 Å². The molecular weight excluding hydrogens is 379 g/mol. The van der Waals surface area contributed by atoms with Gasteiger partial charge in [-0.2, -0.15) is 0 Å². The van der Waals surface area contributed by atoms with Gasteiger partial charge in [0.05, 0.1) is 0 Å². The Morgan fingerprint density at radius 3 is 1.76 bits per heavy atom. The summed E-state index contributed by atoms with van der Waals surface area (Å²) in [6.45, 7) is 0. The van der Waals surface area contributed by atoms with Crippen molar-refractivity contribution in [2.24, 2.45) is 0 Å². The number of phenolic OH excluding ortho intramolecular Hbond substituents is 2. The van der Waals surface area contributed by atoms with Gasteiger partial charge in [-0.25, -0.2) is 0 Å². The maximum atomic E-state index is 12.6. The molecule has 0 saturated heterocycles. The molecule has 0 heterocycles. The fraction of sp³-hybridized carbons (Fsp3) is 0. The number of rotatable bonds is 4. The molecule has 3 aromatic carbocycles. The SMILES string of the molecule is O=C(c1ccccc1)c1cc(O)c(C(=O)c2ccccc2)c([AsH2])c1O. The molecule has 3 aromatic rings. The van der Waals surface area contributed by atoms with Gasteiger partial charge in [0.15, 0.2) is 0 Å². The van der Waals surface area contributed by atoms with Gasteiger partial charge in [-0.3, -0.25) is 0 Å². The van der Waals surface area contributed by atoms with Crippen molar-refractivity contribution in [2.45, 2.75) is 0 Å². The second-order valence-corrected chi connectivity index (χ2v) is 6.68. The van der Waals surface area contributed by atoms with Gasteiger partial charge in [-0.05, 0) is 0 Å². The monoisotopic (exact) mass is 394 g/mol. The number of ketones is 2. The van der Waals surface area contributed by atoms with E-state index < -0.39 is 11.6 Å². The Morgan fingerprint density at radius 2 is 1.24 bits per heavy atom.